The molecular weight excluding hydrogens is 326 g/mol. The summed E-state index contributed by atoms with van der Waals surface area (Å²) in [6.45, 7) is 1.91. The third-order valence-corrected chi connectivity index (χ3v) is 4.00. The van der Waals surface area contributed by atoms with Crippen LogP contribution in [0.15, 0.2) is 48.5 Å². The van der Waals surface area contributed by atoms with Crippen molar-refractivity contribution in [1.29, 1.82) is 0 Å². The lowest BCUT2D eigenvalue weighted by Crippen LogP contribution is -2.26. The van der Waals surface area contributed by atoms with E-state index in [9.17, 15) is 9.59 Å². The van der Waals surface area contributed by atoms with E-state index in [0.717, 1.165) is 11.1 Å². The smallest absolute Gasteiger partial charge is 0.316 e. The standard InChI is InChI=1S/C18H20ClN3O2/c1-12(13-6-9-15(10-7-13)22-18(20)24)21-17(23)11-8-14-4-2-3-5-16(14)19/h2-7,9-10,12H,8,11H2,1H3,(H,21,23)(H3,20,22,24)/t12-/m0/s1. The number of halogens is 1. The Morgan fingerprint density at radius 2 is 1.79 bits per heavy atom. The van der Waals surface area contributed by atoms with E-state index in [1.807, 2.05) is 43.3 Å². The van der Waals surface area contributed by atoms with Gasteiger partial charge in [0.25, 0.3) is 0 Å². The Kier molecular flexibility index (Phi) is 6.21. The number of urea groups is 1. The van der Waals surface area contributed by atoms with Gasteiger partial charge in [-0.25, -0.2) is 4.79 Å². The fourth-order valence-corrected chi connectivity index (χ4v) is 2.57. The molecular formula is C18H20ClN3O2. The van der Waals surface area contributed by atoms with E-state index in [0.29, 0.717) is 23.6 Å². The monoisotopic (exact) mass is 345 g/mol. The van der Waals surface area contributed by atoms with Gasteiger partial charge in [-0.2, -0.15) is 0 Å². The fourth-order valence-electron chi connectivity index (χ4n) is 2.34. The molecule has 0 radical (unpaired) electrons. The van der Waals surface area contributed by atoms with E-state index in [-0.39, 0.29) is 11.9 Å². The summed E-state index contributed by atoms with van der Waals surface area (Å²) in [7, 11) is 0. The Morgan fingerprint density at radius 1 is 1.12 bits per heavy atom. The first kappa shape index (κ1) is 17.8. The lowest BCUT2D eigenvalue weighted by molar-refractivity contribution is -0.121. The average Bonchev–Trinajstić information content (AvgIpc) is 2.54. The molecule has 2 aromatic rings. The van der Waals surface area contributed by atoms with Gasteiger partial charge in [0.1, 0.15) is 0 Å². The predicted molar refractivity (Wildman–Crippen MR) is 96.0 cm³/mol. The molecule has 0 saturated heterocycles. The summed E-state index contributed by atoms with van der Waals surface area (Å²) < 4.78 is 0. The number of anilines is 1. The second-order valence-corrected chi connectivity index (χ2v) is 5.90. The zero-order chi connectivity index (χ0) is 17.5. The molecule has 0 fully saturated rings. The second-order valence-electron chi connectivity index (χ2n) is 5.49. The number of aryl methyl sites for hydroxylation is 1. The van der Waals surface area contributed by atoms with Gasteiger partial charge in [-0.1, -0.05) is 41.9 Å². The molecule has 0 saturated carbocycles. The number of amides is 3. The van der Waals surface area contributed by atoms with Crippen LogP contribution in [0, 0.1) is 0 Å². The maximum absolute atomic E-state index is 12.1. The summed E-state index contributed by atoms with van der Waals surface area (Å²) in [5.74, 6) is -0.0400. The highest BCUT2D eigenvalue weighted by Gasteiger charge is 2.10. The van der Waals surface area contributed by atoms with Gasteiger partial charge in [0, 0.05) is 17.1 Å². The number of nitrogens with two attached hydrogens (primary N) is 1. The zero-order valence-electron chi connectivity index (χ0n) is 13.4. The Labute approximate surface area is 146 Å². The minimum Gasteiger partial charge on any atom is -0.351 e. The van der Waals surface area contributed by atoms with Gasteiger partial charge < -0.3 is 16.4 Å². The summed E-state index contributed by atoms with van der Waals surface area (Å²) in [4.78, 5) is 22.9. The number of nitrogens with one attached hydrogen (secondary N) is 2. The lowest BCUT2D eigenvalue weighted by atomic mass is 10.1. The minimum atomic E-state index is -0.608. The Hall–Kier alpha value is -2.53. The molecule has 0 unspecified atom stereocenters. The molecule has 0 bridgehead atoms. The van der Waals surface area contributed by atoms with Gasteiger partial charge in [-0.15, -0.1) is 0 Å². The molecule has 6 heteroatoms. The van der Waals surface area contributed by atoms with Crippen LogP contribution in [0.4, 0.5) is 10.5 Å². The van der Waals surface area contributed by atoms with Gasteiger partial charge in [-0.3, -0.25) is 4.79 Å². The molecule has 24 heavy (non-hydrogen) atoms. The highest BCUT2D eigenvalue weighted by atomic mass is 35.5. The molecule has 5 nitrogen and oxygen atoms in total. The van der Waals surface area contributed by atoms with Gasteiger partial charge in [0.05, 0.1) is 6.04 Å². The van der Waals surface area contributed by atoms with Crippen molar-refractivity contribution >= 4 is 29.2 Å². The zero-order valence-corrected chi connectivity index (χ0v) is 14.1. The lowest BCUT2D eigenvalue weighted by Gasteiger charge is -2.15. The SMILES string of the molecule is C[C@H](NC(=O)CCc1ccccc1Cl)c1ccc(NC(N)=O)cc1. The number of carbonyl (C=O) groups excluding carboxylic acids is 2. The van der Waals surface area contributed by atoms with Crippen LogP contribution in [0.3, 0.4) is 0 Å². The molecule has 0 aliphatic carbocycles. The first-order chi connectivity index (χ1) is 11.5. The van der Waals surface area contributed by atoms with Gasteiger partial charge in [-0.05, 0) is 42.7 Å². The summed E-state index contributed by atoms with van der Waals surface area (Å²) in [5, 5.41) is 6.12. The number of hydrogen-bond donors (Lipinski definition) is 3. The van der Waals surface area contributed by atoms with E-state index in [1.54, 1.807) is 12.1 Å². The van der Waals surface area contributed by atoms with E-state index in [1.165, 1.54) is 0 Å². The maximum Gasteiger partial charge on any atom is 0.316 e. The van der Waals surface area contributed by atoms with Crippen LogP contribution in [0.2, 0.25) is 5.02 Å². The molecule has 0 heterocycles. The second kappa shape index (κ2) is 8.36. The molecule has 0 aliphatic rings. The van der Waals surface area contributed by atoms with Crippen LogP contribution >= 0.6 is 11.6 Å². The molecule has 0 aromatic heterocycles. The molecule has 2 aromatic carbocycles. The Morgan fingerprint density at radius 3 is 2.42 bits per heavy atom. The van der Waals surface area contributed by atoms with Crippen molar-refractivity contribution in [1.82, 2.24) is 5.32 Å². The molecule has 4 N–H and O–H groups in total. The third-order valence-electron chi connectivity index (χ3n) is 3.63. The highest BCUT2D eigenvalue weighted by molar-refractivity contribution is 6.31. The molecule has 3 amide bonds. The van der Waals surface area contributed by atoms with Gasteiger partial charge in [0.2, 0.25) is 5.91 Å². The number of carbonyl (C=O) groups is 2. The Balaban J connectivity index is 1.87. The van der Waals surface area contributed by atoms with Crippen molar-refractivity contribution in [3.63, 3.8) is 0 Å². The third kappa shape index (κ3) is 5.28. The van der Waals surface area contributed by atoms with Crippen molar-refractivity contribution in [2.45, 2.75) is 25.8 Å². The predicted octanol–water partition coefficient (Wildman–Crippen LogP) is 3.64. The number of primary amides is 1. The maximum atomic E-state index is 12.1. The fraction of sp³-hybridized carbons (Fsp3) is 0.222. The van der Waals surface area contributed by atoms with Crippen molar-refractivity contribution in [3.8, 4) is 0 Å². The number of hydrogen-bond acceptors (Lipinski definition) is 2. The molecule has 0 spiro atoms. The van der Waals surface area contributed by atoms with Crippen molar-refractivity contribution < 1.29 is 9.59 Å². The summed E-state index contributed by atoms with van der Waals surface area (Å²) in [6, 6.07) is 13.9. The molecule has 126 valence electrons. The van der Waals surface area contributed by atoms with E-state index < -0.39 is 6.03 Å². The quantitative estimate of drug-likeness (QED) is 0.746. The summed E-state index contributed by atoms with van der Waals surface area (Å²) in [6.07, 6.45) is 0.967. The molecule has 0 aliphatic heterocycles. The average molecular weight is 346 g/mol. The summed E-state index contributed by atoms with van der Waals surface area (Å²) >= 11 is 6.09. The van der Waals surface area contributed by atoms with Crippen LogP contribution in [-0.2, 0) is 11.2 Å². The normalized spacial score (nSPS) is 11.6. The highest BCUT2D eigenvalue weighted by Crippen LogP contribution is 2.18. The van der Waals surface area contributed by atoms with Crippen LogP contribution < -0.4 is 16.4 Å². The largest absolute Gasteiger partial charge is 0.351 e. The van der Waals surface area contributed by atoms with Crippen LogP contribution in [0.5, 0.6) is 0 Å². The number of benzene rings is 2. The number of rotatable bonds is 6. The van der Waals surface area contributed by atoms with E-state index in [4.69, 9.17) is 17.3 Å². The van der Waals surface area contributed by atoms with Crippen molar-refractivity contribution in [3.05, 3.63) is 64.7 Å². The minimum absolute atomic E-state index is 0.0400. The van der Waals surface area contributed by atoms with Crippen molar-refractivity contribution in [2.24, 2.45) is 5.73 Å². The Bertz CT molecular complexity index is 716. The van der Waals surface area contributed by atoms with Crippen LogP contribution in [0.25, 0.3) is 0 Å². The van der Waals surface area contributed by atoms with Gasteiger partial charge in [0.15, 0.2) is 0 Å². The van der Waals surface area contributed by atoms with E-state index >= 15 is 0 Å². The van der Waals surface area contributed by atoms with Crippen LogP contribution in [0.1, 0.15) is 30.5 Å². The van der Waals surface area contributed by atoms with Crippen LogP contribution in [-0.4, -0.2) is 11.9 Å². The first-order valence-corrected chi connectivity index (χ1v) is 8.02. The first-order valence-electron chi connectivity index (χ1n) is 7.65. The van der Waals surface area contributed by atoms with Gasteiger partial charge >= 0.3 is 6.03 Å². The van der Waals surface area contributed by atoms with E-state index in [2.05, 4.69) is 10.6 Å². The summed E-state index contributed by atoms with van der Waals surface area (Å²) in [5.41, 5.74) is 7.58. The molecule has 1 atom stereocenters. The molecule has 2 rings (SSSR count). The van der Waals surface area contributed by atoms with Crippen molar-refractivity contribution in [2.75, 3.05) is 5.32 Å². The topological polar surface area (TPSA) is 84.2 Å².